The Balaban J connectivity index is 1.59. The van der Waals surface area contributed by atoms with Crippen LogP contribution in [0.5, 0.6) is 0 Å². The van der Waals surface area contributed by atoms with E-state index >= 15 is 0 Å². The van der Waals surface area contributed by atoms with Crippen LogP contribution in [-0.2, 0) is 6.42 Å². The van der Waals surface area contributed by atoms with Crippen molar-refractivity contribution >= 4 is 17.7 Å². The molecule has 136 valence electrons. The van der Waals surface area contributed by atoms with E-state index in [0.717, 1.165) is 18.7 Å². The molecule has 1 heterocycles. The summed E-state index contributed by atoms with van der Waals surface area (Å²) in [6, 6.07) is 9.91. The fourth-order valence-corrected chi connectivity index (χ4v) is 2.15. The van der Waals surface area contributed by atoms with Crippen LogP contribution in [0.3, 0.4) is 0 Å². The van der Waals surface area contributed by atoms with E-state index in [-0.39, 0.29) is 6.03 Å². The highest BCUT2D eigenvalue weighted by molar-refractivity contribution is 5.73. The summed E-state index contributed by atoms with van der Waals surface area (Å²) in [5.41, 5.74) is 1.09. The molecule has 0 aliphatic rings. The lowest BCUT2D eigenvalue weighted by Gasteiger charge is -2.18. The number of benzene rings is 1. The van der Waals surface area contributed by atoms with Gasteiger partial charge in [0.25, 0.3) is 5.95 Å². The van der Waals surface area contributed by atoms with E-state index < -0.39 is 0 Å². The standard InChI is InChI=1S/C17H26N6O2/c1-22(2)16-20-15(25-21-16)10-12-19-17(24)23(3)13-7-11-18-14-8-5-4-6-9-14/h4-6,8-9,18H,7,10-13H2,1-3H3,(H,19,24). The molecule has 0 bridgehead atoms. The van der Waals surface area contributed by atoms with Crippen molar-refractivity contribution in [1.82, 2.24) is 20.4 Å². The van der Waals surface area contributed by atoms with Gasteiger partial charge in [0.1, 0.15) is 0 Å². The van der Waals surface area contributed by atoms with E-state index in [9.17, 15) is 4.79 Å². The summed E-state index contributed by atoms with van der Waals surface area (Å²) in [6.07, 6.45) is 1.38. The minimum atomic E-state index is -0.105. The molecular formula is C17H26N6O2. The lowest BCUT2D eigenvalue weighted by molar-refractivity contribution is 0.208. The second-order valence-electron chi connectivity index (χ2n) is 5.93. The van der Waals surface area contributed by atoms with Crippen molar-refractivity contribution in [2.45, 2.75) is 12.8 Å². The Kier molecular flexibility index (Phi) is 7.06. The van der Waals surface area contributed by atoms with Crippen LogP contribution in [0.2, 0.25) is 0 Å². The van der Waals surface area contributed by atoms with Gasteiger partial charge in [-0.1, -0.05) is 18.2 Å². The number of carbonyl (C=O) groups is 1. The molecule has 8 nitrogen and oxygen atoms in total. The number of aromatic nitrogens is 2. The fraction of sp³-hybridized carbons (Fsp3) is 0.471. The number of rotatable bonds is 9. The Morgan fingerprint density at radius 2 is 1.92 bits per heavy atom. The molecule has 1 aromatic carbocycles. The molecule has 0 spiro atoms. The molecule has 0 radical (unpaired) electrons. The lowest BCUT2D eigenvalue weighted by atomic mass is 10.3. The van der Waals surface area contributed by atoms with E-state index in [1.165, 1.54) is 0 Å². The summed E-state index contributed by atoms with van der Waals surface area (Å²) in [5.74, 6) is 1.04. The maximum Gasteiger partial charge on any atom is 0.317 e. The normalized spacial score (nSPS) is 10.4. The molecule has 8 heteroatoms. The second kappa shape index (κ2) is 9.51. The molecule has 0 unspecified atom stereocenters. The highest BCUT2D eigenvalue weighted by Gasteiger charge is 2.10. The highest BCUT2D eigenvalue weighted by Crippen LogP contribution is 2.06. The van der Waals surface area contributed by atoms with Gasteiger partial charge in [0.2, 0.25) is 5.89 Å². The number of nitrogens with one attached hydrogen (secondary N) is 2. The molecule has 25 heavy (non-hydrogen) atoms. The Morgan fingerprint density at radius 1 is 1.16 bits per heavy atom. The van der Waals surface area contributed by atoms with Crippen LogP contribution >= 0.6 is 0 Å². The van der Waals surface area contributed by atoms with E-state index in [0.29, 0.717) is 31.3 Å². The molecule has 0 atom stereocenters. The summed E-state index contributed by atoms with van der Waals surface area (Å²) in [5, 5.41) is 10.0. The predicted molar refractivity (Wildman–Crippen MR) is 97.9 cm³/mol. The first-order valence-electron chi connectivity index (χ1n) is 8.34. The molecular weight excluding hydrogens is 320 g/mol. The SMILES string of the molecule is CN(CCCNc1ccccc1)C(=O)NCCc1nc(N(C)C)no1. The van der Waals surface area contributed by atoms with Gasteiger partial charge in [-0.3, -0.25) is 0 Å². The number of amides is 2. The van der Waals surface area contributed by atoms with E-state index in [2.05, 4.69) is 20.8 Å². The Labute approximate surface area is 148 Å². The lowest BCUT2D eigenvalue weighted by Crippen LogP contribution is -2.39. The molecule has 0 fully saturated rings. The summed E-state index contributed by atoms with van der Waals surface area (Å²) < 4.78 is 5.11. The van der Waals surface area contributed by atoms with Crippen LogP contribution in [0.25, 0.3) is 0 Å². The molecule has 2 amide bonds. The third kappa shape index (κ3) is 6.33. The van der Waals surface area contributed by atoms with Crippen molar-refractivity contribution < 1.29 is 9.32 Å². The largest absolute Gasteiger partial charge is 0.385 e. The summed E-state index contributed by atoms with van der Waals surface area (Å²) in [7, 11) is 5.48. The van der Waals surface area contributed by atoms with Gasteiger partial charge in [-0.05, 0) is 23.7 Å². The minimum absolute atomic E-state index is 0.105. The monoisotopic (exact) mass is 346 g/mol. The third-order valence-electron chi connectivity index (χ3n) is 3.59. The van der Waals surface area contributed by atoms with Crippen molar-refractivity contribution in [2.75, 3.05) is 51.0 Å². The third-order valence-corrected chi connectivity index (χ3v) is 3.59. The predicted octanol–water partition coefficient (Wildman–Crippen LogP) is 1.82. The van der Waals surface area contributed by atoms with E-state index in [4.69, 9.17) is 4.52 Å². The van der Waals surface area contributed by atoms with Crippen molar-refractivity contribution in [3.05, 3.63) is 36.2 Å². The molecule has 0 saturated heterocycles. The maximum atomic E-state index is 12.0. The van der Waals surface area contributed by atoms with Gasteiger partial charge in [-0.25, -0.2) is 4.79 Å². The van der Waals surface area contributed by atoms with Crippen LogP contribution in [0.15, 0.2) is 34.9 Å². The van der Waals surface area contributed by atoms with Gasteiger partial charge in [0.05, 0.1) is 0 Å². The molecule has 2 rings (SSSR count). The number of carbonyl (C=O) groups excluding carboxylic acids is 1. The number of hydrogen-bond acceptors (Lipinski definition) is 6. The summed E-state index contributed by atoms with van der Waals surface area (Å²) in [6.45, 7) is 1.95. The zero-order chi connectivity index (χ0) is 18.1. The van der Waals surface area contributed by atoms with Gasteiger partial charge in [0.15, 0.2) is 0 Å². The van der Waals surface area contributed by atoms with Gasteiger partial charge < -0.3 is 25.0 Å². The Bertz CT molecular complexity index is 644. The average molecular weight is 346 g/mol. The van der Waals surface area contributed by atoms with E-state index in [1.807, 2.05) is 44.4 Å². The van der Waals surface area contributed by atoms with Crippen LogP contribution in [0.4, 0.5) is 16.4 Å². The Hall–Kier alpha value is -2.77. The molecule has 0 aliphatic carbocycles. The van der Waals surface area contributed by atoms with Gasteiger partial charge in [-0.2, -0.15) is 4.98 Å². The van der Waals surface area contributed by atoms with Crippen LogP contribution in [-0.4, -0.2) is 61.8 Å². The number of para-hydroxylation sites is 1. The average Bonchev–Trinajstić information content (AvgIpc) is 3.08. The molecule has 0 saturated carbocycles. The fourth-order valence-electron chi connectivity index (χ4n) is 2.15. The van der Waals surface area contributed by atoms with Crippen molar-refractivity contribution in [3.8, 4) is 0 Å². The summed E-state index contributed by atoms with van der Waals surface area (Å²) in [4.78, 5) is 19.7. The second-order valence-corrected chi connectivity index (χ2v) is 5.93. The quantitative estimate of drug-likeness (QED) is 0.674. The smallest absolute Gasteiger partial charge is 0.317 e. The highest BCUT2D eigenvalue weighted by atomic mass is 16.5. The number of nitrogens with zero attached hydrogens (tertiary/aromatic N) is 4. The maximum absolute atomic E-state index is 12.0. The van der Waals surface area contributed by atoms with Gasteiger partial charge in [-0.15, -0.1) is 0 Å². The van der Waals surface area contributed by atoms with Crippen LogP contribution in [0, 0.1) is 0 Å². The first-order chi connectivity index (χ1) is 12.1. The minimum Gasteiger partial charge on any atom is -0.385 e. The Morgan fingerprint density at radius 3 is 2.60 bits per heavy atom. The van der Waals surface area contributed by atoms with Crippen molar-refractivity contribution in [3.63, 3.8) is 0 Å². The molecule has 2 aromatic rings. The number of anilines is 2. The van der Waals surface area contributed by atoms with E-state index in [1.54, 1.807) is 16.8 Å². The first kappa shape index (κ1) is 18.6. The van der Waals surface area contributed by atoms with Crippen molar-refractivity contribution in [2.24, 2.45) is 0 Å². The molecule has 1 aromatic heterocycles. The number of hydrogen-bond donors (Lipinski definition) is 2. The summed E-state index contributed by atoms with van der Waals surface area (Å²) >= 11 is 0. The van der Waals surface area contributed by atoms with Gasteiger partial charge in [0, 0.05) is 52.9 Å². The topological polar surface area (TPSA) is 86.5 Å². The molecule has 0 aliphatic heterocycles. The first-order valence-corrected chi connectivity index (χ1v) is 8.34. The molecule has 2 N–H and O–H groups in total. The van der Waals surface area contributed by atoms with Crippen molar-refractivity contribution in [1.29, 1.82) is 0 Å². The van der Waals surface area contributed by atoms with Crippen LogP contribution < -0.4 is 15.5 Å². The number of urea groups is 1. The zero-order valence-corrected chi connectivity index (χ0v) is 15.0. The van der Waals surface area contributed by atoms with Gasteiger partial charge >= 0.3 is 6.03 Å². The zero-order valence-electron chi connectivity index (χ0n) is 15.0. The van der Waals surface area contributed by atoms with Crippen LogP contribution in [0.1, 0.15) is 12.3 Å².